The molecule has 1 saturated heterocycles. The number of carbonyl (C=O) groups is 1. The summed E-state index contributed by atoms with van der Waals surface area (Å²) in [6.07, 6.45) is 0. The number of nitrogens with one attached hydrogen (secondary N) is 3. The number of anilines is 2. The van der Waals surface area contributed by atoms with Crippen molar-refractivity contribution < 1.29 is 13.2 Å². The fourth-order valence-corrected chi connectivity index (χ4v) is 4.66. The van der Waals surface area contributed by atoms with Gasteiger partial charge in [0.25, 0.3) is 15.9 Å². The number of sulfonamides is 1. The van der Waals surface area contributed by atoms with E-state index in [-0.39, 0.29) is 16.8 Å². The summed E-state index contributed by atoms with van der Waals surface area (Å²) in [6.45, 7) is 8.69. The van der Waals surface area contributed by atoms with Crippen LogP contribution in [0.15, 0.2) is 47.4 Å². The van der Waals surface area contributed by atoms with E-state index in [1.54, 1.807) is 43.3 Å². The van der Waals surface area contributed by atoms with Gasteiger partial charge in [-0.2, -0.15) is 0 Å². The number of rotatable bonds is 6. The minimum absolute atomic E-state index is 0.0116. The molecule has 0 aromatic heterocycles. The van der Waals surface area contributed by atoms with Crippen LogP contribution < -0.4 is 20.3 Å². The first-order valence-electron chi connectivity index (χ1n) is 9.77. The minimum atomic E-state index is -3.79. The van der Waals surface area contributed by atoms with Gasteiger partial charge in [0.15, 0.2) is 0 Å². The number of hydrogen-bond donors (Lipinski definition) is 3. The zero-order valence-electron chi connectivity index (χ0n) is 17.0. The standard InChI is InChI=1S/C21H28N4O3S/c1-15(2)23-21(26)17-8-9-19(25-12-10-22-11-13-25)18(14-17)24-29(27,28)20-7-5-4-6-16(20)3/h4-9,14-15,22,24H,10-13H2,1-3H3,(H,23,26). The van der Waals surface area contributed by atoms with Crippen molar-refractivity contribution in [3.8, 4) is 0 Å². The predicted molar refractivity (Wildman–Crippen MR) is 116 cm³/mol. The van der Waals surface area contributed by atoms with Gasteiger partial charge in [0.05, 0.1) is 16.3 Å². The lowest BCUT2D eigenvalue weighted by molar-refractivity contribution is 0.0943. The number of nitrogens with zero attached hydrogens (tertiary/aromatic N) is 1. The van der Waals surface area contributed by atoms with Gasteiger partial charge in [0.2, 0.25) is 0 Å². The molecular formula is C21H28N4O3S. The molecule has 0 saturated carbocycles. The van der Waals surface area contributed by atoms with Crippen LogP contribution in [0.3, 0.4) is 0 Å². The van der Waals surface area contributed by atoms with Gasteiger partial charge in [-0.15, -0.1) is 0 Å². The molecule has 1 fully saturated rings. The molecule has 0 atom stereocenters. The Bertz CT molecular complexity index is 983. The maximum atomic E-state index is 13.1. The minimum Gasteiger partial charge on any atom is -0.367 e. The molecule has 0 radical (unpaired) electrons. The van der Waals surface area contributed by atoms with E-state index in [4.69, 9.17) is 0 Å². The molecule has 3 rings (SSSR count). The SMILES string of the molecule is Cc1ccccc1S(=O)(=O)Nc1cc(C(=O)NC(C)C)ccc1N1CCNCC1. The Balaban J connectivity index is 2.01. The zero-order chi connectivity index (χ0) is 21.0. The molecule has 1 amide bonds. The highest BCUT2D eigenvalue weighted by molar-refractivity contribution is 7.92. The molecule has 0 unspecified atom stereocenters. The van der Waals surface area contributed by atoms with Gasteiger partial charge in [0.1, 0.15) is 0 Å². The highest BCUT2D eigenvalue weighted by Gasteiger charge is 2.22. The van der Waals surface area contributed by atoms with Crippen molar-refractivity contribution >= 4 is 27.3 Å². The Morgan fingerprint density at radius 1 is 1.10 bits per heavy atom. The van der Waals surface area contributed by atoms with E-state index in [2.05, 4.69) is 20.3 Å². The number of benzene rings is 2. The summed E-state index contributed by atoms with van der Waals surface area (Å²) >= 11 is 0. The van der Waals surface area contributed by atoms with E-state index in [0.717, 1.165) is 31.9 Å². The molecule has 3 N–H and O–H groups in total. The van der Waals surface area contributed by atoms with Crippen molar-refractivity contribution in [1.29, 1.82) is 0 Å². The topological polar surface area (TPSA) is 90.5 Å². The summed E-state index contributed by atoms with van der Waals surface area (Å²) in [7, 11) is -3.79. The largest absolute Gasteiger partial charge is 0.367 e. The van der Waals surface area contributed by atoms with Crippen molar-refractivity contribution in [2.75, 3.05) is 35.8 Å². The van der Waals surface area contributed by atoms with Crippen molar-refractivity contribution in [1.82, 2.24) is 10.6 Å². The summed E-state index contributed by atoms with van der Waals surface area (Å²) in [4.78, 5) is 14.8. The Morgan fingerprint density at radius 2 is 1.79 bits per heavy atom. The second-order valence-corrected chi connectivity index (χ2v) is 9.12. The lowest BCUT2D eigenvalue weighted by Gasteiger charge is -2.31. The number of piperazine rings is 1. The van der Waals surface area contributed by atoms with Crippen LogP contribution in [0.1, 0.15) is 29.8 Å². The van der Waals surface area contributed by atoms with E-state index in [1.165, 1.54) is 0 Å². The Kier molecular flexibility index (Phi) is 6.44. The summed E-state index contributed by atoms with van der Waals surface area (Å²) < 4.78 is 28.9. The van der Waals surface area contributed by atoms with Gasteiger partial charge in [-0.25, -0.2) is 8.42 Å². The normalized spacial score (nSPS) is 14.7. The summed E-state index contributed by atoms with van der Waals surface area (Å²) in [5, 5.41) is 6.14. The quantitative estimate of drug-likeness (QED) is 0.673. The van der Waals surface area contributed by atoms with Crippen LogP contribution >= 0.6 is 0 Å². The molecule has 1 heterocycles. The third-order valence-electron chi connectivity index (χ3n) is 4.76. The van der Waals surface area contributed by atoms with Gasteiger partial charge >= 0.3 is 0 Å². The van der Waals surface area contributed by atoms with Crippen LogP contribution in [0.5, 0.6) is 0 Å². The average Bonchev–Trinajstić information content (AvgIpc) is 2.68. The van der Waals surface area contributed by atoms with Crippen LogP contribution in [0, 0.1) is 6.92 Å². The van der Waals surface area contributed by atoms with Gasteiger partial charge < -0.3 is 15.5 Å². The molecule has 156 valence electrons. The van der Waals surface area contributed by atoms with Crippen LogP contribution in [-0.2, 0) is 10.0 Å². The molecule has 0 spiro atoms. The number of carbonyl (C=O) groups excluding carboxylic acids is 1. The lowest BCUT2D eigenvalue weighted by atomic mass is 10.1. The summed E-state index contributed by atoms with van der Waals surface area (Å²) in [5.41, 5.74) is 2.26. The van der Waals surface area contributed by atoms with Crippen molar-refractivity contribution in [3.63, 3.8) is 0 Å². The Hall–Kier alpha value is -2.58. The zero-order valence-corrected chi connectivity index (χ0v) is 17.8. The maximum Gasteiger partial charge on any atom is 0.262 e. The molecule has 1 aliphatic rings. The number of amides is 1. The first kappa shape index (κ1) is 21.1. The molecular weight excluding hydrogens is 388 g/mol. The first-order chi connectivity index (χ1) is 13.8. The van der Waals surface area contributed by atoms with Crippen LogP contribution in [0.4, 0.5) is 11.4 Å². The third-order valence-corrected chi connectivity index (χ3v) is 6.29. The van der Waals surface area contributed by atoms with Crippen molar-refractivity contribution in [3.05, 3.63) is 53.6 Å². The van der Waals surface area contributed by atoms with E-state index in [1.807, 2.05) is 19.9 Å². The number of hydrogen-bond acceptors (Lipinski definition) is 5. The molecule has 7 nitrogen and oxygen atoms in total. The first-order valence-corrected chi connectivity index (χ1v) is 11.3. The average molecular weight is 417 g/mol. The molecule has 0 bridgehead atoms. The van der Waals surface area contributed by atoms with E-state index in [0.29, 0.717) is 16.8 Å². The van der Waals surface area contributed by atoms with Gasteiger partial charge in [-0.1, -0.05) is 18.2 Å². The summed E-state index contributed by atoms with van der Waals surface area (Å²) in [5.74, 6) is -0.233. The molecule has 0 aliphatic carbocycles. The molecule has 29 heavy (non-hydrogen) atoms. The van der Waals surface area contributed by atoms with Gasteiger partial charge in [-0.3, -0.25) is 9.52 Å². The summed E-state index contributed by atoms with van der Waals surface area (Å²) in [6, 6.07) is 12.0. The van der Waals surface area contributed by atoms with Crippen molar-refractivity contribution in [2.45, 2.75) is 31.7 Å². The van der Waals surface area contributed by atoms with Crippen LogP contribution in [0.25, 0.3) is 0 Å². The van der Waals surface area contributed by atoms with Crippen molar-refractivity contribution in [2.24, 2.45) is 0 Å². The third kappa shape index (κ3) is 5.07. The fraction of sp³-hybridized carbons (Fsp3) is 0.381. The monoisotopic (exact) mass is 416 g/mol. The van der Waals surface area contributed by atoms with E-state index in [9.17, 15) is 13.2 Å². The predicted octanol–water partition coefficient (Wildman–Crippen LogP) is 2.34. The van der Waals surface area contributed by atoms with E-state index >= 15 is 0 Å². The molecule has 2 aromatic rings. The van der Waals surface area contributed by atoms with Crippen LogP contribution in [-0.4, -0.2) is 46.5 Å². The highest BCUT2D eigenvalue weighted by Crippen LogP contribution is 2.30. The van der Waals surface area contributed by atoms with E-state index < -0.39 is 10.0 Å². The Labute approximate surface area is 172 Å². The number of aryl methyl sites for hydroxylation is 1. The maximum absolute atomic E-state index is 13.1. The second-order valence-electron chi connectivity index (χ2n) is 7.47. The molecule has 8 heteroatoms. The van der Waals surface area contributed by atoms with Gasteiger partial charge in [0, 0.05) is 37.8 Å². The van der Waals surface area contributed by atoms with Gasteiger partial charge in [-0.05, 0) is 50.6 Å². The highest BCUT2D eigenvalue weighted by atomic mass is 32.2. The van der Waals surface area contributed by atoms with Crippen LogP contribution in [0.2, 0.25) is 0 Å². The smallest absolute Gasteiger partial charge is 0.262 e. The Morgan fingerprint density at radius 3 is 2.45 bits per heavy atom. The molecule has 1 aliphatic heterocycles. The fourth-order valence-electron chi connectivity index (χ4n) is 3.34. The molecule has 2 aromatic carbocycles. The lowest BCUT2D eigenvalue weighted by Crippen LogP contribution is -2.43. The second kappa shape index (κ2) is 8.84.